The Balaban J connectivity index is 3.75. The third kappa shape index (κ3) is 3.95. The van der Waals surface area contributed by atoms with Crippen LogP contribution in [0.5, 0.6) is 0 Å². The van der Waals surface area contributed by atoms with Gasteiger partial charge in [-0.15, -0.1) is 0 Å². The Morgan fingerprint density at radius 3 is 2.56 bits per heavy atom. The molecule has 0 unspecified atom stereocenters. The number of alkyl halides is 1. The first-order chi connectivity index (χ1) is 4.35. The van der Waals surface area contributed by atoms with Gasteiger partial charge >= 0.3 is 0 Å². The highest BCUT2D eigenvalue weighted by Crippen LogP contribution is 2.00. The van der Waals surface area contributed by atoms with Crippen molar-refractivity contribution >= 4 is 0 Å². The van der Waals surface area contributed by atoms with E-state index in [1.54, 1.807) is 0 Å². The van der Waals surface area contributed by atoms with Crippen molar-refractivity contribution in [2.24, 2.45) is 0 Å². The Hall–Kier alpha value is -0.590. The number of hydrogen-bond donors (Lipinski definition) is 0. The molecule has 1 heteroatoms. The van der Waals surface area contributed by atoms with E-state index in [1.807, 2.05) is 32.1 Å². The Morgan fingerprint density at radius 2 is 2.22 bits per heavy atom. The van der Waals surface area contributed by atoms with E-state index in [9.17, 15) is 4.39 Å². The first-order valence-electron chi connectivity index (χ1n) is 3.21. The number of halogens is 1. The van der Waals surface area contributed by atoms with Gasteiger partial charge in [-0.1, -0.05) is 25.2 Å². The third-order valence-corrected chi connectivity index (χ3v) is 1.15. The van der Waals surface area contributed by atoms with E-state index in [-0.39, 0.29) is 6.67 Å². The molecule has 0 bridgehead atoms. The highest BCUT2D eigenvalue weighted by molar-refractivity contribution is 5.11. The molecule has 0 aromatic heterocycles. The second-order valence-electron chi connectivity index (χ2n) is 1.84. The summed E-state index contributed by atoms with van der Waals surface area (Å²) in [6.07, 6.45) is 6.38. The maximum absolute atomic E-state index is 11.9. The molecule has 0 saturated heterocycles. The van der Waals surface area contributed by atoms with Gasteiger partial charge in [-0.2, -0.15) is 0 Å². The van der Waals surface area contributed by atoms with Gasteiger partial charge in [0.2, 0.25) is 0 Å². The zero-order chi connectivity index (χ0) is 7.11. The fraction of sp³-hybridized carbons (Fsp3) is 0.500. The summed E-state index contributed by atoms with van der Waals surface area (Å²) in [5, 5.41) is 0. The third-order valence-electron chi connectivity index (χ3n) is 1.15. The van der Waals surface area contributed by atoms with Gasteiger partial charge in [0, 0.05) is 0 Å². The second-order valence-corrected chi connectivity index (χ2v) is 1.84. The van der Waals surface area contributed by atoms with Crippen molar-refractivity contribution in [3.8, 4) is 0 Å². The van der Waals surface area contributed by atoms with Gasteiger partial charge in [-0.25, -0.2) is 4.39 Å². The maximum Gasteiger partial charge on any atom is 0.111 e. The first kappa shape index (κ1) is 8.41. The normalized spacial score (nSPS) is 13.0. The van der Waals surface area contributed by atoms with Gasteiger partial charge in [0.1, 0.15) is 6.67 Å². The van der Waals surface area contributed by atoms with Crippen molar-refractivity contribution < 1.29 is 4.39 Å². The van der Waals surface area contributed by atoms with Crippen LogP contribution in [0.2, 0.25) is 0 Å². The molecular formula is C8H13F. The molecule has 9 heavy (non-hydrogen) atoms. The van der Waals surface area contributed by atoms with Crippen molar-refractivity contribution in [3.05, 3.63) is 23.8 Å². The quantitative estimate of drug-likeness (QED) is 0.513. The van der Waals surface area contributed by atoms with Crippen molar-refractivity contribution in [2.75, 3.05) is 6.67 Å². The van der Waals surface area contributed by atoms with Crippen LogP contribution >= 0.6 is 0 Å². The molecule has 0 aliphatic rings. The molecule has 0 amide bonds. The Labute approximate surface area is 56.1 Å². The first-order valence-corrected chi connectivity index (χ1v) is 3.21. The molecular weight excluding hydrogens is 115 g/mol. The lowest BCUT2D eigenvalue weighted by Gasteiger charge is -1.91. The minimum atomic E-state index is -0.319. The number of allylic oxidation sites excluding steroid dienone is 4. The molecule has 0 aromatic carbocycles. The van der Waals surface area contributed by atoms with Crippen molar-refractivity contribution in [1.82, 2.24) is 0 Å². The van der Waals surface area contributed by atoms with Crippen LogP contribution in [-0.4, -0.2) is 6.67 Å². The predicted octanol–water partition coefficient (Wildman–Crippen LogP) is 2.87. The minimum Gasteiger partial charge on any atom is -0.246 e. The zero-order valence-electron chi connectivity index (χ0n) is 6.02. The van der Waals surface area contributed by atoms with E-state index < -0.39 is 0 Å². The van der Waals surface area contributed by atoms with Crippen LogP contribution in [0.4, 0.5) is 4.39 Å². The number of rotatable bonds is 3. The molecule has 0 aliphatic carbocycles. The van der Waals surface area contributed by atoms with E-state index in [0.29, 0.717) is 0 Å². The van der Waals surface area contributed by atoms with Crippen LogP contribution in [0, 0.1) is 0 Å². The summed E-state index contributed by atoms with van der Waals surface area (Å²) in [4.78, 5) is 0. The van der Waals surface area contributed by atoms with Gasteiger partial charge in [0.25, 0.3) is 0 Å². The van der Waals surface area contributed by atoms with Gasteiger partial charge in [0.05, 0.1) is 0 Å². The fourth-order valence-electron chi connectivity index (χ4n) is 0.489. The molecule has 0 aliphatic heterocycles. The van der Waals surface area contributed by atoms with Gasteiger partial charge in [0.15, 0.2) is 0 Å². The minimum absolute atomic E-state index is 0.319. The zero-order valence-corrected chi connectivity index (χ0v) is 6.02. The molecule has 0 nitrogen and oxygen atoms in total. The largest absolute Gasteiger partial charge is 0.246 e. The lowest BCUT2D eigenvalue weighted by Crippen LogP contribution is -1.80. The fourth-order valence-corrected chi connectivity index (χ4v) is 0.489. The molecule has 0 heterocycles. The molecule has 0 aromatic rings. The lowest BCUT2D eigenvalue weighted by molar-refractivity contribution is 0.535. The van der Waals surface area contributed by atoms with Crippen molar-refractivity contribution in [2.45, 2.75) is 20.3 Å². The van der Waals surface area contributed by atoms with E-state index in [4.69, 9.17) is 0 Å². The Bertz CT molecular complexity index is 106. The van der Waals surface area contributed by atoms with Crippen LogP contribution in [-0.2, 0) is 0 Å². The average Bonchev–Trinajstić information content (AvgIpc) is 1.91. The SMILES string of the molecule is C/C=C\C=C(/CC)CF. The molecule has 0 saturated carbocycles. The Morgan fingerprint density at radius 1 is 1.56 bits per heavy atom. The van der Waals surface area contributed by atoms with E-state index in [1.165, 1.54) is 0 Å². The van der Waals surface area contributed by atoms with Crippen molar-refractivity contribution in [1.29, 1.82) is 0 Å². The van der Waals surface area contributed by atoms with Crippen LogP contribution in [0.15, 0.2) is 23.8 Å². The van der Waals surface area contributed by atoms with Crippen LogP contribution in [0.25, 0.3) is 0 Å². The summed E-state index contributed by atoms with van der Waals surface area (Å²) >= 11 is 0. The average molecular weight is 128 g/mol. The summed E-state index contributed by atoms with van der Waals surface area (Å²) in [5.74, 6) is 0. The standard InChI is InChI=1S/C8H13F/c1-3-5-6-8(4-2)7-9/h3,5-6H,4,7H2,1-2H3/b5-3-,8-6+. The summed E-state index contributed by atoms with van der Waals surface area (Å²) in [7, 11) is 0. The second kappa shape index (κ2) is 5.54. The predicted molar refractivity (Wildman–Crippen MR) is 39.2 cm³/mol. The van der Waals surface area contributed by atoms with E-state index in [2.05, 4.69) is 0 Å². The highest BCUT2D eigenvalue weighted by atomic mass is 19.1. The summed E-state index contributed by atoms with van der Waals surface area (Å²) in [6.45, 7) is 3.55. The monoisotopic (exact) mass is 128 g/mol. The maximum atomic E-state index is 11.9. The summed E-state index contributed by atoms with van der Waals surface area (Å²) in [6, 6.07) is 0. The molecule has 0 spiro atoms. The Kier molecular flexibility index (Phi) is 5.18. The smallest absolute Gasteiger partial charge is 0.111 e. The van der Waals surface area contributed by atoms with Gasteiger partial charge < -0.3 is 0 Å². The molecule has 0 radical (unpaired) electrons. The van der Waals surface area contributed by atoms with E-state index in [0.717, 1.165) is 12.0 Å². The summed E-state index contributed by atoms with van der Waals surface area (Å²) < 4.78 is 11.9. The summed E-state index contributed by atoms with van der Waals surface area (Å²) in [5.41, 5.74) is 0.855. The molecule has 0 N–H and O–H groups in total. The molecule has 52 valence electrons. The van der Waals surface area contributed by atoms with Crippen molar-refractivity contribution in [3.63, 3.8) is 0 Å². The van der Waals surface area contributed by atoms with Crippen LogP contribution in [0.3, 0.4) is 0 Å². The molecule has 0 atom stereocenters. The highest BCUT2D eigenvalue weighted by Gasteiger charge is 1.86. The van der Waals surface area contributed by atoms with E-state index >= 15 is 0 Å². The van der Waals surface area contributed by atoms with Crippen LogP contribution < -0.4 is 0 Å². The van der Waals surface area contributed by atoms with Gasteiger partial charge in [-0.3, -0.25) is 0 Å². The molecule has 0 rings (SSSR count). The number of hydrogen-bond acceptors (Lipinski definition) is 0. The topological polar surface area (TPSA) is 0 Å². The van der Waals surface area contributed by atoms with Crippen LogP contribution in [0.1, 0.15) is 20.3 Å². The van der Waals surface area contributed by atoms with Gasteiger partial charge in [-0.05, 0) is 18.9 Å². The lowest BCUT2D eigenvalue weighted by atomic mass is 10.2. The molecule has 0 fully saturated rings.